The molecule has 4 rings (SSSR count). The van der Waals surface area contributed by atoms with E-state index >= 15 is 0 Å². The van der Waals surface area contributed by atoms with Crippen molar-refractivity contribution in [2.75, 3.05) is 37.0 Å². The summed E-state index contributed by atoms with van der Waals surface area (Å²) in [5.41, 5.74) is 1.22. The molecule has 1 amide bonds. The highest BCUT2D eigenvalue weighted by Gasteiger charge is 2.29. The Hall–Kier alpha value is -2.81. The normalized spacial score (nSPS) is 17.8. The number of hydrogen-bond donors (Lipinski definition) is 0. The van der Waals surface area contributed by atoms with Crippen LogP contribution in [0.15, 0.2) is 41.3 Å². The minimum atomic E-state index is -3.39. The van der Waals surface area contributed by atoms with Crippen LogP contribution in [0.2, 0.25) is 0 Å². The monoisotopic (exact) mass is 448 g/mol. The highest BCUT2D eigenvalue weighted by molar-refractivity contribution is 7.91. The van der Waals surface area contributed by atoms with Gasteiger partial charge in [0.2, 0.25) is 9.84 Å². The molecule has 0 N–H and O–H groups in total. The summed E-state index contributed by atoms with van der Waals surface area (Å²) in [6, 6.07) is 9.70. The highest BCUT2D eigenvalue weighted by Crippen LogP contribution is 2.36. The van der Waals surface area contributed by atoms with Crippen LogP contribution in [0.25, 0.3) is 11.1 Å². The first-order valence-electron chi connectivity index (χ1n) is 10.1. The maximum absolute atomic E-state index is 14.9. The van der Waals surface area contributed by atoms with Crippen molar-refractivity contribution in [1.29, 1.82) is 0 Å². The van der Waals surface area contributed by atoms with E-state index in [4.69, 9.17) is 9.47 Å². The van der Waals surface area contributed by atoms with E-state index < -0.39 is 15.4 Å². The number of fused-ring (bicyclic) bond motifs is 1. The third kappa shape index (κ3) is 4.46. The van der Waals surface area contributed by atoms with E-state index in [0.717, 1.165) is 0 Å². The van der Waals surface area contributed by atoms with Crippen LogP contribution >= 0.6 is 0 Å². The van der Waals surface area contributed by atoms with Crippen molar-refractivity contribution in [2.45, 2.75) is 31.3 Å². The number of benzene rings is 2. The zero-order valence-corrected chi connectivity index (χ0v) is 18.5. The maximum atomic E-state index is 14.9. The second-order valence-corrected chi connectivity index (χ2v) is 10.6. The van der Waals surface area contributed by atoms with Crippen LogP contribution in [-0.4, -0.2) is 57.1 Å². The zero-order valence-electron chi connectivity index (χ0n) is 17.7. The molecule has 0 aliphatic carbocycles. The van der Waals surface area contributed by atoms with Crippen molar-refractivity contribution in [1.82, 2.24) is 4.90 Å². The van der Waals surface area contributed by atoms with Gasteiger partial charge in [0, 0.05) is 26.2 Å². The standard InChI is InChI=1S/C22H25FN2O5S/c1-22(2,3)30-21(26)25-10-8-24(9-11-25)18-6-4-15(12-17(18)23)16-5-7-20-19(13-16)29-14-31(20,27)28/h4-7,12-13H,8-11,14H2,1-3H3. The van der Waals surface area contributed by atoms with Crippen LogP contribution in [-0.2, 0) is 14.6 Å². The molecule has 2 aromatic rings. The van der Waals surface area contributed by atoms with Crippen molar-refractivity contribution < 1.29 is 27.1 Å². The van der Waals surface area contributed by atoms with Gasteiger partial charge in [0.25, 0.3) is 0 Å². The van der Waals surface area contributed by atoms with E-state index in [0.29, 0.717) is 48.7 Å². The third-order valence-corrected chi connectivity index (χ3v) is 6.64. The van der Waals surface area contributed by atoms with Crippen LogP contribution in [0.4, 0.5) is 14.9 Å². The topological polar surface area (TPSA) is 76.2 Å². The molecule has 2 aliphatic heterocycles. The van der Waals surface area contributed by atoms with Gasteiger partial charge in [-0.1, -0.05) is 12.1 Å². The smallest absolute Gasteiger partial charge is 0.410 e. The summed E-state index contributed by atoms with van der Waals surface area (Å²) < 4.78 is 49.3. The Morgan fingerprint density at radius 2 is 1.68 bits per heavy atom. The second-order valence-electron chi connectivity index (χ2n) is 8.66. The lowest BCUT2D eigenvalue weighted by Crippen LogP contribution is -2.50. The largest absolute Gasteiger partial charge is 0.476 e. The molecule has 0 atom stereocenters. The van der Waals surface area contributed by atoms with Crippen molar-refractivity contribution in [3.63, 3.8) is 0 Å². The summed E-state index contributed by atoms with van der Waals surface area (Å²) in [7, 11) is -3.39. The van der Waals surface area contributed by atoms with E-state index in [-0.39, 0.29) is 22.7 Å². The summed E-state index contributed by atoms with van der Waals surface area (Å²) in [5, 5.41) is 0. The average Bonchev–Trinajstić information content (AvgIpc) is 3.01. The first-order chi connectivity index (χ1) is 14.5. The maximum Gasteiger partial charge on any atom is 0.410 e. The zero-order chi connectivity index (χ0) is 22.4. The first-order valence-corrected chi connectivity index (χ1v) is 11.7. The molecule has 0 saturated carbocycles. The van der Waals surface area contributed by atoms with Gasteiger partial charge in [-0.05, 0) is 56.2 Å². The summed E-state index contributed by atoms with van der Waals surface area (Å²) in [4.78, 5) is 15.9. The van der Waals surface area contributed by atoms with Crippen molar-refractivity contribution in [3.05, 3.63) is 42.2 Å². The minimum absolute atomic E-state index is 0.163. The fourth-order valence-corrected chi connectivity index (χ4v) is 4.77. The van der Waals surface area contributed by atoms with Gasteiger partial charge in [0.1, 0.15) is 22.1 Å². The van der Waals surface area contributed by atoms with Gasteiger partial charge in [-0.15, -0.1) is 0 Å². The SMILES string of the molecule is CC(C)(C)OC(=O)N1CCN(c2ccc(-c3ccc4c(c3)OCS4(=O)=O)cc2F)CC1. The van der Waals surface area contributed by atoms with Gasteiger partial charge in [0.15, 0.2) is 5.94 Å². The minimum Gasteiger partial charge on any atom is -0.476 e. The molecule has 1 fully saturated rings. The van der Waals surface area contributed by atoms with Gasteiger partial charge in [-0.3, -0.25) is 0 Å². The number of carbonyl (C=O) groups is 1. The fraction of sp³-hybridized carbons (Fsp3) is 0.409. The molecule has 2 aliphatic rings. The predicted octanol–water partition coefficient (Wildman–Crippen LogP) is 3.67. The Labute approximate surface area is 181 Å². The van der Waals surface area contributed by atoms with Gasteiger partial charge >= 0.3 is 6.09 Å². The second kappa shape index (κ2) is 7.71. The molecule has 9 heteroatoms. The fourth-order valence-electron chi connectivity index (χ4n) is 3.66. The molecule has 0 bridgehead atoms. The van der Waals surface area contributed by atoms with Crippen LogP contribution in [0, 0.1) is 5.82 Å². The van der Waals surface area contributed by atoms with Gasteiger partial charge < -0.3 is 19.3 Å². The molecule has 0 aromatic heterocycles. The van der Waals surface area contributed by atoms with Crippen LogP contribution in [0.3, 0.4) is 0 Å². The number of sulfone groups is 1. The lowest BCUT2D eigenvalue weighted by atomic mass is 10.0. The quantitative estimate of drug-likeness (QED) is 0.698. The molecule has 0 unspecified atom stereocenters. The number of nitrogens with zero attached hydrogens (tertiary/aromatic N) is 2. The van der Waals surface area contributed by atoms with Gasteiger partial charge in [0.05, 0.1) is 5.69 Å². The first kappa shape index (κ1) is 21.4. The van der Waals surface area contributed by atoms with E-state index in [2.05, 4.69) is 0 Å². The number of carbonyl (C=O) groups excluding carboxylic acids is 1. The average molecular weight is 449 g/mol. The number of anilines is 1. The van der Waals surface area contributed by atoms with Crippen molar-refractivity contribution >= 4 is 21.6 Å². The lowest BCUT2D eigenvalue weighted by Gasteiger charge is -2.36. The molecular weight excluding hydrogens is 423 g/mol. The van der Waals surface area contributed by atoms with E-state index in [1.165, 1.54) is 12.1 Å². The summed E-state index contributed by atoms with van der Waals surface area (Å²) in [5.74, 6) is -0.452. The number of rotatable bonds is 2. The van der Waals surface area contributed by atoms with Crippen molar-refractivity contribution in [3.8, 4) is 16.9 Å². The molecule has 166 valence electrons. The number of hydrogen-bond acceptors (Lipinski definition) is 6. The van der Waals surface area contributed by atoms with Crippen LogP contribution in [0.1, 0.15) is 20.8 Å². The summed E-state index contributed by atoms with van der Waals surface area (Å²) in [6.45, 7) is 7.37. The molecule has 0 radical (unpaired) electrons. The Balaban J connectivity index is 1.46. The van der Waals surface area contributed by atoms with E-state index in [1.807, 2.05) is 25.7 Å². The molecule has 31 heavy (non-hydrogen) atoms. The number of halogens is 1. The molecule has 2 aromatic carbocycles. The van der Waals surface area contributed by atoms with E-state index in [1.54, 1.807) is 29.2 Å². The van der Waals surface area contributed by atoms with Gasteiger partial charge in [-0.25, -0.2) is 17.6 Å². The summed E-state index contributed by atoms with van der Waals surface area (Å²) in [6.07, 6.45) is -0.358. The number of piperazine rings is 1. The highest BCUT2D eigenvalue weighted by atomic mass is 32.2. The Bertz CT molecular complexity index is 1120. The number of amides is 1. The summed E-state index contributed by atoms with van der Waals surface area (Å²) >= 11 is 0. The Morgan fingerprint density at radius 1 is 1.03 bits per heavy atom. The van der Waals surface area contributed by atoms with Crippen molar-refractivity contribution in [2.24, 2.45) is 0 Å². The third-order valence-electron chi connectivity index (χ3n) is 5.20. The van der Waals surface area contributed by atoms with Crippen LogP contribution < -0.4 is 9.64 Å². The Kier molecular flexibility index (Phi) is 5.33. The van der Waals surface area contributed by atoms with E-state index in [9.17, 15) is 17.6 Å². The van der Waals surface area contributed by atoms with Gasteiger partial charge in [-0.2, -0.15) is 0 Å². The lowest BCUT2D eigenvalue weighted by molar-refractivity contribution is 0.0240. The molecule has 1 saturated heterocycles. The molecular formula is C22H25FN2O5S. The predicted molar refractivity (Wildman–Crippen MR) is 115 cm³/mol. The van der Waals surface area contributed by atoms with Crippen LogP contribution in [0.5, 0.6) is 5.75 Å². The molecule has 0 spiro atoms. The molecule has 2 heterocycles. The Morgan fingerprint density at radius 3 is 2.32 bits per heavy atom. The number of ether oxygens (including phenoxy) is 2. The molecule has 7 nitrogen and oxygen atoms in total.